The highest BCUT2D eigenvalue weighted by atomic mass is 32.2. The number of hydrogen-bond donors (Lipinski definition) is 2. The zero-order valence-corrected chi connectivity index (χ0v) is 13.4. The lowest BCUT2D eigenvalue weighted by Crippen LogP contribution is -2.52. The molecule has 0 radical (unpaired) electrons. The van der Waals surface area contributed by atoms with Gasteiger partial charge in [0.05, 0.1) is 22.6 Å². The highest BCUT2D eigenvalue weighted by Gasteiger charge is 2.35. The fourth-order valence-electron chi connectivity index (χ4n) is 2.61. The van der Waals surface area contributed by atoms with Gasteiger partial charge in [-0.25, -0.2) is 13.1 Å². The molecule has 1 fully saturated rings. The Morgan fingerprint density at radius 2 is 1.96 bits per heavy atom. The molecule has 9 heteroatoms. The van der Waals surface area contributed by atoms with Crippen LogP contribution in [0.4, 0.5) is 13.2 Å². The minimum atomic E-state index is -4.49. The number of halogens is 3. The van der Waals surface area contributed by atoms with E-state index >= 15 is 0 Å². The fourth-order valence-corrected chi connectivity index (χ4v) is 3.74. The summed E-state index contributed by atoms with van der Waals surface area (Å²) in [4.78, 5) is -0.198. The molecule has 130 valence electrons. The number of benzene rings is 1. The summed E-state index contributed by atoms with van der Waals surface area (Å²) in [5.74, 6) is 0. The van der Waals surface area contributed by atoms with Crippen molar-refractivity contribution in [2.75, 3.05) is 26.8 Å². The van der Waals surface area contributed by atoms with E-state index < -0.39 is 27.3 Å². The molecule has 5 nitrogen and oxygen atoms in total. The van der Waals surface area contributed by atoms with Crippen LogP contribution < -0.4 is 10.0 Å². The third kappa shape index (κ3) is 4.43. The molecule has 2 rings (SSSR count). The largest absolute Gasteiger partial charge is 0.416 e. The average molecular weight is 352 g/mol. The minimum Gasteiger partial charge on any atom is -0.383 e. The molecule has 1 unspecified atom stereocenters. The highest BCUT2D eigenvalue weighted by Crippen LogP contribution is 2.29. The lowest BCUT2D eigenvalue weighted by molar-refractivity contribution is -0.137. The SMILES string of the molecule is COCC1(CNS(=O)(=O)c2ccc(C(F)(F)F)cc2)CCCN1. The smallest absolute Gasteiger partial charge is 0.383 e. The minimum absolute atomic E-state index is 0.115. The molecule has 1 aromatic carbocycles. The fraction of sp³-hybridized carbons (Fsp3) is 0.571. The Hall–Kier alpha value is -1.16. The molecule has 1 aliphatic rings. The van der Waals surface area contributed by atoms with Gasteiger partial charge in [-0.05, 0) is 43.7 Å². The average Bonchev–Trinajstić information content (AvgIpc) is 2.94. The molecule has 23 heavy (non-hydrogen) atoms. The third-order valence-electron chi connectivity index (χ3n) is 3.85. The third-order valence-corrected chi connectivity index (χ3v) is 5.26. The van der Waals surface area contributed by atoms with Crippen molar-refractivity contribution in [3.63, 3.8) is 0 Å². The maximum atomic E-state index is 12.5. The van der Waals surface area contributed by atoms with E-state index in [1.165, 1.54) is 7.11 Å². The van der Waals surface area contributed by atoms with Crippen molar-refractivity contribution in [2.24, 2.45) is 0 Å². The molecule has 0 saturated carbocycles. The van der Waals surface area contributed by atoms with Crippen LogP contribution in [0.5, 0.6) is 0 Å². The summed E-state index contributed by atoms with van der Waals surface area (Å²) < 4.78 is 69.6. The highest BCUT2D eigenvalue weighted by molar-refractivity contribution is 7.89. The molecular weight excluding hydrogens is 333 g/mol. The van der Waals surface area contributed by atoms with E-state index in [1.807, 2.05) is 0 Å². The monoisotopic (exact) mass is 352 g/mol. The molecule has 0 spiro atoms. The summed E-state index contributed by atoms with van der Waals surface area (Å²) in [5.41, 5.74) is -1.36. The number of methoxy groups -OCH3 is 1. The number of alkyl halides is 3. The van der Waals surface area contributed by atoms with E-state index in [4.69, 9.17) is 4.74 Å². The molecule has 0 aromatic heterocycles. The lowest BCUT2D eigenvalue weighted by atomic mass is 9.99. The molecular formula is C14H19F3N2O3S. The standard InChI is InChI=1S/C14H19F3N2O3S/c1-22-10-13(7-2-8-18-13)9-19-23(20,21)12-5-3-11(4-6-12)14(15,16)17/h3-6,18-19H,2,7-10H2,1H3. The van der Waals surface area contributed by atoms with Gasteiger partial charge < -0.3 is 10.1 Å². The van der Waals surface area contributed by atoms with Gasteiger partial charge in [-0.15, -0.1) is 0 Å². The van der Waals surface area contributed by atoms with Crippen LogP contribution in [0.15, 0.2) is 29.2 Å². The van der Waals surface area contributed by atoms with Crippen molar-refractivity contribution in [1.29, 1.82) is 0 Å². The Morgan fingerprint density at radius 3 is 2.43 bits per heavy atom. The second kappa shape index (κ2) is 6.76. The van der Waals surface area contributed by atoms with Gasteiger partial charge in [0.15, 0.2) is 0 Å². The Morgan fingerprint density at radius 1 is 1.30 bits per heavy atom. The van der Waals surface area contributed by atoms with Crippen molar-refractivity contribution < 1.29 is 26.3 Å². The van der Waals surface area contributed by atoms with Gasteiger partial charge in [-0.1, -0.05) is 0 Å². The second-order valence-electron chi connectivity index (χ2n) is 5.59. The second-order valence-corrected chi connectivity index (χ2v) is 7.36. The summed E-state index contributed by atoms with van der Waals surface area (Å²) in [6.07, 6.45) is -2.83. The van der Waals surface area contributed by atoms with E-state index in [0.717, 1.165) is 43.7 Å². The number of nitrogens with one attached hydrogen (secondary N) is 2. The number of sulfonamides is 1. The first kappa shape index (κ1) is 18.2. The van der Waals surface area contributed by atoms with E-state index in [9.17, 15) is 21.6 Å². The van der Waals surface area contributed by atoms with Gasteiger partial charge in [0.1, 0.15) is 0 Å². The van der Waals surface area contributed by atoms with Crippen molar-refractivity contribution in [3.8, 4) is 0 Å². The topological polar surface area (TPSA) is 67.4 Å². The van der Waals surface area contributed by atoms with Gasteiger partial charge in [0.2, 0.25) is 10.0 Å². The number of ether oxygens (including phenoxy) is 1. The van der Waals surface area contributed by atoms with Crippen LogP contribution in [0.1, 0.15) is 18.4 Å². The Balaban J connectivity index is 2.09. The Bertz CT molecular complexity index is 624. The summed E-state index contributed by atoms with van der Waals surface area (Å²) in [6.45, 7) is 1.23. The lowest BCUT2D eigenvalue weighted by Gasteiger charge is -2.28. The number of hydrogen-bond acceptors (Lipinski definition) is 4. The Labute approximate surface area is 133 Å². The molecule has 0 aliphatic carbocycles. The maximum Gasteiger partial charge on any atom is 0.416 e. The zero-order chi connectivity index (χ0) is 17.1. The number of rotatable bonds is 6. The van der Waals surface area contributed by atoms with Crippen molar-refractivity contribution in [3.05, 3.63) is 29.8 Å². The van der Waals surface area contributed by atoms with Crippen LogP contribution in [0.2, 0.25) is 0 Å². The molecule has 0 bridgehead atoms. The van der Waals surface area contributed by atoms with Gasteiger partial charge >= 0.3 is 6.18 Å². The van der Waals surface area contributed by atoms with E-state index in [0.29, 0.717) is 6.61 Å². The first-order chi connectivity index (χ1) is 10.7. The Kier molecular flexibility index (Phi) is 5.34. The van der Waals surface area contributed by atoms with Gasteiger partial charge in [0.25, 0.3) is 0 Å². The first-order valence-electron chi connectivity index (χ1n) is 7.09. The zero-order valence-electron chi connectivity index (χ0n) is 12.6. The van der Waals surface area contributed by atoms with Crippen LogP contribution in [0.25, 0.3) is 0 Å². The van der Waals surface area contributed by atoms with Gasteiger partial charge in [0, 0.05) is 13.7 Å². The van der Waals surface area contributed by atoms with Crippen LogP contribution in [0, 0.1) is 0 Å². The summed E-state index contributed by atoms with van der Waals surface area (Å²) >= 11 is 0. The predicted octanol–water partition coefficient (Wildman–Crippen LogP) is 1.75. The molecule has 1 saturated heterocycles. The molecule has 0 amide bonds. The maximum absolute atomic E-state index is 12.5. The van der Waals surface area contributed by atoms with E-state index in [-0.39, 0.29) is 11.4 Å². The van der Waals surface area contributed by atoms with Crippen molar-refractivity contribution >= 4 is 10.0 Å². The molecule has 1 heterocycles. The van der Waals surface area contributed by atoms with Crippen LogP contribution in [-0.2, 0) is 20.9 Å². The van der Waals surface area contributed by atoms with Crippen molar-refractivity contribution in [1.82, 2.24) is 10.0 Å². The van der Waals surface area contributed by atoms with Crippen molar-refractivity contribution in [2.45, 2.75) is 29.5 Å². The van der Waals surface area contributed by atoms with Crippen LogP contribution in [0.3, 0.4) is 0 Å². The van der Waals surface area contributed by atoms with Gasteiger partial charge in [-0.3, -0.25) is 0 Å². The molecule has 1 atom stereocenters. The van der Waals surface area contributed by atoms with Crippen LogP contribution >= 0.6 is 0 Å². The predicted molar refractivity (Wildman–Crippen MR) is 78.5 cm³/mol. The quantitative estimate of drug-likeness (QED) is 0.819. The van der Waals surface area contributed by atoms with E-state index in [2.05, 4.69) is 10.0 Å². The molecule has 2 N–H and O–H groups in total. The molecule has 1 aliphatic heterocycles. The summed E-state index contributed by atoms with van der Waals surface area (Å²) in [6, 6.07) is 3.42. The van der Waals surface area contributed by atoms with E-state index in [1.54, 1.807) is 0 Å². The van der Waals surface area contributed by atoms with Crippen LogP contribution in [-0.4, -0.2) is 40.8 Å². The molecule has 1 aromatic rings. The van der Waals surface area contributed by atoms with Gasteiger partial charge in [-0.2, -0.15) is 13.2 Å². The summed E-state index contributed by atoms with van der Waals surface area (Å²) in [7, 11) is -2.35. The normalized spacial score (nSPS) is 22.4. The summed E-state index contributed by atoms with van der Waals surface area (Å²) in [5, 5.41) is 3.22. The first-order valence-corrected chi connectivity index (χ1v) is 8.58.